The Bertz CT molecular complexity index is 730. The van der Waals surface area contributed by atoms with Crippen LogP contribution in [0.5, 0.6) is 0 Å². The average molecular weight is 353 g/mol. The van der Waals surface area contributed by atoms with Crippen LogP contribution in [0, 0.1) is 0 Å². The third-order valence-electron chi connectivity index (χ3n) is 3.29. The highest BCUT2D eigenvalue weighted by Gasteiger charge is 2.42. The monoisotopic (exact) mass is 353 g/mol. The maximum Gasteiger partial charge on any atom is 0.412 e. The van der Waals surface area contributed by atoms with Gasteiger partial charge in [0.25, 0.3) is 0 Å². The highest BCUT2D eigenvalue weighted by atomic mass is 19.4. The SMILES string of the molecule is O=C(NC(c1ccc(C(=O)O)cc1)C(F)(F)F)OCc1ccccc1. The van der Waals surface area contributed by atoms with Gasteiger partial charge in [0.2, 0.25) is 0 Å². The minimum Gasteiger partial charge on any atom is -0.478 e. The van der Waals surface area contributed by atoms with E-state index >= 15 is 0 Å². The van der Waals surface area contributed by atoms with Crippen molar-refractivity contribution in [2.75, 3.05) is 0 Å². The number of carbonyl (C=O) groups is 2. The van der Waals surface area contributed by atoms with Crippen molar-refractivity contribution >= 4 is 12.1 Å². The molecule has 1 amide bonds. The number of nitrogens with one attached hydrogen (secondary N) is 1. The molecule has 25 heavy (non-hydrogen) atoms. The zero-order valence-corrected chi connectivity index (χ0v) is 12.8. The molecule has 1 unspecified atom stereocenters. The Kier molecular flexibility index (Phi) is 5.63. The van der Waals surface area contributed by atoms with Gasteiger partial charge in [0, 0.05) is 0 Å². The van der Waals surface area contributed by atoms with Crippen molar-refractivity contribution in [3.63, 3.8) is 0 Å². The summed E-state index contributed by atoms with van der Waals surface area (Å²) in [6.07, 6.45) is -6.00. The van der Waals surface area contributed by atoms with Gasteiger partial charge in [-0.15, -0.1) is 0 Å². The van der Waals surface area contributed by atoms with E-state index < -0.39 is 24.3 Å². The van der Waals surface area contributed by atoms with Crippen molar-refractivity contribution in [3.05, 3.63) is 71.3 Å². The minimum atomic E-state index is -4.77. The molecule has 0 radical (unpaired) electrons. The van der Waals surface area contributed by atoms with Crippen molar-refractivity contribution in [1.29, 1.82) is 0 Å². The van der Waals surface area contributed by atoms with E-state index in [0.29, 0.717) is 5.56 Å². The number of alkyl halides is 3. The summed E-state index contributed by atoms with van der Waals surface area (Å²) in [6, 6.07) is 10.3. The number of benzene rings is 2. The standard InChI is InChI=1S/C17H14F3NO4/c18-17(19,20)14(12-6-8-13(9-7-12)15(22)23)21-16(24)25-10-11-4-2-1-3-5-11/h1-9,14H,10H2,(H,21,24)(H,22,23). The van der Waals surface area contributed by atoms with Crippen molar-refractivity contribution in [2.24, 2.45) is 0 Å². The van der Waals surface area contributed by atoms with Crippen LogP contribution in [-0.4, -0.2) is 23.3 Å². The summed E-state index contributed by atoms with van der Waals surface area (Å²) < 4.78 is 44.4. The average Bonchev–Trinajstić information content (AvgIpc) is 2.58. The predicted octanol–water partition coefficient (Wildman–Crippen LogP) is 3.91. The molecule has 0 heterocycles. The van der Waals surface area contributed by atoms with Gasteiger partial charge in [0.15, 0.2) is 6.04 Å². The number of carboxylic acid groups (broad SMARTS) is 1. The van der Waals surface area contributed by atoms with Crippen molar-refractivity contribution < 1.29 is 32.6 Å². The summed E-state index contributed by atoms with van der Waals surface area (Å²) in [4.78, 5) is 22.5. The van der Waals surface area contributed by atoms with Crippen LogP contribution in [-0.2, 0) is 11.3 Å². The molecule has 0 aromatic heterocycles. The molecule has 2 rings (SSSR count). The Morgan fingerprint density at radius 3 is 2.16 bits per heavy atom. The Morgan fingerprint density at radius 2 is 1.64 bits per heavy atom. The summed E-state index contributed by atoms with van der Waals surface area (Å²) in [6.45, 7) is -0.171. The van der Waals surface area contributed by atoms with Gasteiger partial charge < -0.3 is 15.2 Å². The molecule has 0 aliphatic rings. The number of carbonyl (C=O) groups excluding carboxylic acids is 1. The lowest BCUT2D eigenvalue weighted by Crippen LogP contribution is -2.38. The first kappa shape index (κ1) is 18.3. The predicted molar refractivity (Wildman–Crippen MR) is 82.0 cm³/mol. The molecule has 0 bridgehead atoms. The molecule has 5 nitrogen and oxygen atoms in total. The van der Waals surface area contributed by atoms with E-state index in [1.54, 1.807) is 35.6 Å². The molecular weight excluding hydrogens is 339 g/mol. The van der Waals surface area contributed by atoms with Crippen molar-refractivity contribution in [1.82, 2.24) is 5.32 Å². The van der Waals surface area contributed by atoms with E-state index in [4.69, 9.17) is 9.84 Å². The van der Waals surface area contributed by atoms with Gasteiger partial charge in [0.1, 0.15) is 6.61 Å². The zero-order valence-electron chi connectivity index (χ0n) is 12.8. The van der Waals surface area contributed by atoms with Crippen molar-refractivity contribution in [3.8, 4) is 0 Å². The first-order valence-electron chi connectivity index (χ1n) is 7.14. The van der Waals surface area contributed by atoms with Crippen molar-refractivity contribution in [2.45, 2.75) is 18.8 Å². The van der Waals surface area contributed by atoms with Gasteiger partial charge in [-0.25, -0.2) is 9.59 Å². The lowest BCUT2D eigenvalue weighted by molar-refractivity contribution is -0.156. The molecule has 0 aliphatic carbocycles. The van der Waals surface area contributed by atoms with Crippen LogP contribution in [0.15, 0.2) is 54.6 Å². The van der Waals surface area contributed by atoms with Crippen LogP contribution in [0.2, 0.25) is 0 Å². The Hall–Kier alpha value is -3.03. The molecule has 1 atom stereocenters. The molecule has 0 spiro atoms. The second-order valence-electron chi connectivity index (χ2n) is 5.11. The number of rotatable bonds is 5. The number of aromatic carboxylic acids is 1. The number of amides is 1. The number of ether oxygens (including phenoxy) is 1. The topological polar surface area (TPSA) is 75.6 Å². The quantitative estimate of drug-likeness (QED) is 0.854. The largest absolute Gasteiger partial charge is 0.478 e. The van der Waals surface area contributed by atoms with Gasteiger partial charge in [-0.1, -0.05) is 42.5 Å². The molecule has 2 aromatic rings. The molecule has 0 saturated carbocycles. The number of halogens is 3. The van der Waals surface area contributed by atoms with E-state index in [1.807, 2.05) is 0 Å². The van der Waals surface area contributed by atoms with Crippen LogP contribution >= 0.6 is 0 Å². The van der Waals surface area contributed by atoms with Gasteiger partial charge >= 0.3 is 18.2 Å². The molecule has 2 N–H and O–H groups in total. The van der Waals surface area contributed by atoms with Crippen LogP contribution in [0.1, 0.15) is 27.5 Å². The minimum absolute atomic E-state index is 0.156. The lowest BCUT2D eigenvalue weighted by atomic mass is 10.0. The van der Waals surface area contributed by atoms with Gasteiger partial charge in [-0.3, -0.25) is 0 Å². The highest BCUT2D eigenvalue weighted by molar-refractivity contribution is 5.87. The third kappa shape index (κ3) is 5.23. The molecule has 8 heteroatoms. The second kappa shape index (κ2) is 7.69. The Morgan fingerprint density at radius 1 is 1.04 bits per heavy atom. The number of alkyl carbamates (subject to hydrolysis) is 1. The summed E-state index contributed by atoms with van der Waals surface area (Å²) in [7, 11) is 0. The number of carboxylic acids is 1. The summed E-state index contributed by atoms with van der Waals surface area (Å²) in [5, 5.41) is 10.5. The van der Waals surface area contributed by atoms with Crippen LogP contribution in [0.3, 0.4) is 0 Å². The number of hydrogen-bond donors (Lipinski definition) is 2. The van der Waals surface area contributed by atoms with Gasteiger partial charge in [0.05, 0.1) is 5.56 Å². The fraction of sp³-hybridized carbons (Fsp3) is 0.176. The molecule has 0 saturated heterocycles. The Labute approximate surface area is 141 Å². The summed E-state index contributed by atoms with van der Waals surface area (Å²) >= 11 is 0. The van der Waals surface area contributed by atoms with E-state index in [1.165, 1.54) is 0 Å². The van der Waals surface area contributed by atoms with Crippen LogP contribution < -0.4 is 5.32 Å². The van der Waals surface area contributed by atoms with Crippen LogP contribution in [0.4, 0.5) is 18.0 Å². The first-order chi connectivity index (χ1) is 11.8. The lowest BCUT2D eigenvalue weighted by Gasteiger charge is -2.22. The van der Waals surface area contributed by atoms with E-state index in [9.17, 15) is 22.8 Å². The second-order valence-corrected chi connectivity index (χ2v) is 5.11. The van der Waals surface area contributed by atoms with E-state index in [2.05, 4.69) is 0 Å². The van der Waals surface area contributed by atoms with Crippen LogP contribution in [0.25, 0.3) is 0 Å². The van der Waals surface area contributed by atoms with Gasteiger partial charge in [-0.05, 0) is 23.3 Å². The molecule has 0 aliphatic heterocycles. The fourth-order valence-electron chi connectivity index (χ4n) is 2.05. The van der Waals surface area contributed by atoms with Gasteiger partial charge in [-0.2, -0.15) is 13.2 Å². The maximum atomic E-state index is 13.2. The van der Waals surface area contributed by atoms with E-state index in [-0.39, 0.29) is 17.7 Å². The smallest absolute Gasteiger partial charge is 0.412 e. The molecular formula is C17H14F3NO4. The van der Waals surface area contributed by atoms with E-state index in [0.717, 1.165) is 24.3 Å². The normalized spacial score (nSPS) is 12.3. The fourth-order valence-corrected chi connectivity index (χ4v) is 2.05. The molecule has 132 valence electrons. The summed E-state index contributed by atoms with van der Waals surface area (Å²) in [5.74, 6) is -1.26. The first-order valence-corrected chi connectivity index (χ1v) is 7.14. The molecule has 0 fully saturated rings. The Balaban J connectivity index is 2.07. The third-order valence-corrected chi connectivity index (χ3v) is 3.29. The number of hydrogen-bond acceptors (Lipinski definition) is 3. The maximum absolute atomic E-state index is 13.2. The summed E-state index contributed by atoms with van der Waals surface area (Å²) in [5.41, 5.74) is 0.178. The highest BCUT2D eigenvalue weighted by Crippen LogP contribution is 2.32. The molecule has 2 aromatic carbocycles. The zero-order chi connectivity index (χ0) is 18.4.